The van der Waals surface area contributed by atoms with Crippen molar-refractivity contribution in [2.24, 2.45) is 5.73 Å². The molecule has 2 N–H and O–H groups in total. The maximum atomic E-state index is 12.5. The van der Waals surface area contributed by atoms with Crippen LogP contribution in [0.3, 0.4) is 0 Å². The number of hydrogen-bond acceptors (Lipinski definition) is 5. The highest BCUT2D eigenvalue weighted by Crippen LogP contribution is 2.24. The van der Waals surface area contributed by atoms with Gasteiger partial charge in [0.2, 0.25) is 10.0 Å². The van der Waals surface area contributed by atoms with Crippen LogP contribution in [0.25, 0.3) is 0 Å². The summed E-state index contributed by atoms with van der Waals surface area (Å²) in [6.07, 6.45) is 0. The predicted octanol–water partition coefficient (Wildman–Crippen LogP) is 1.77. The van der Waals surface area contributed by atoms with E-state index in [9.17, 15) is 8.42 Å². The Labute approximate surface area is 118 Å². The van der Waals surface area contributed by atoms with Gasteiger partial charge in [0.15, 0.2) is 0 Å². The zero-order chi connectivity index (χ0) is 14.9. The Hall–Kier alpha value is -1.57. The molecule has 2 aromatic rings. The maximum absolute atomic E-state index is 12.5. The lowest BCUT2D eigenvalue weighted by Gasteiger charge is -2.15. The van der Waals surface area contributed by atoms with Gasteiger partial charge >= 0.3 is 0 Å². The fraction of sp³-hybridized carbons (Fsp3) is 0.385. The van der Waals surface area contributed by atoms with Crippen molar-refractivity contribution < 1.29 is 17.3 Å². The summed E-state index contributed by atoms with van der Waals surface area (Å²) < 4.78 is 36.9. The number of rotatable bonds is 5. The third kappa shape index (κ3) is 2.79. The average molecular weight is 298 g/mol. The molecule has 0 radical (unpaired) electrons. The van der Waals surface area contributed by atoms with E-state index < -0.39 is 10.0 Å². The number of aryl methyl sites for hydroxylation is 2. The standard InChI is InChI=1S/C13H18N2O4S/c1-9-4-5-11(18-9)8-15(3)20(16,17)13-6-12(7-14)19-10(13)2/h4-6H,7-8,14H2,1-3H3. The molecule has 0 atom stereocenters. The lowest BCUT2D eigenvalue weighted by Crippen LogP contribution is -2.26. The van der Waals surface area contributed by atoms with Crippen molar-refractivity contribution in [2.75, 3.05) is 7.05 Å². The van der Waals surface area contributed by atoms with E-state index >= 15 is 0 Å². The Morgan fingerprint density at radius 2 is 1.90 bits per heavy atom. The van der Waals surface area contributed by atoms with Crippen molar-refractivity contribution in [3.63, 3.8) is 0 Å². The molecule has 2 rings (SSSR count). The Balaban J connectivity index is 2.26. The Kier molecular flexibility index (Phi) is 4.03. The first-order valence-electron chi connectivity index (χ1n) is 6.15. The molecule has 110 valence electrons. The molecule has 0 fully saturated rings. The monoisotopic (exact) mass is 298 g/mol. The van der Waals surface area contributed by atoms with Gasteiger partial charge in [0.1, 0.15) is 27.9 Å². The fourth-order valence-corrected chi connectivity index (χ4v) is 3.24. The summed E-state index contributed by atoms with van der Waals surface area (Å²) in [4.78, 5) is 0.142. The summed E-state index contributed by atoms with van der Waals surface area (Å²) >= 11 is 0. The molecule has 0 unspecified atom stereocenters. The second-order valence-corrected chi connectivity index (χ2v) is 6.62. The molecular weight excluding hydrogens is 280 g/mol. The summed E-state index contributed by atoms with van der Waals surface area (Å²) in [5.74, 6) is 2.13. The SMILES string of the molecule is Cc1ccc(CN(C)S(=O)(=O)c2cc(CN)oc2C)o1. The molecule has 0 aliphatic carbocycles. The van der Waals surface area contributed by atoms with Gasteiger partial charge in [-0.2, -0.15) is 4.31 Å². The van der Waals surface area contributed by atoms with Crippen LogP contribution in [0.2, 0.25) is 0 Å². The van der Waals surface area contributed by atoms with Gasteiger partial charge in [-0.25, -0.2) is 8.42 Å². The topological polar surface area (TPSA) is 89.7 Å². The first-order chi connectivity index (χ1) is 9.34. The second-order valence-electron chi connectivity index (χ2n) is 4.61. The number of nitrogens with two attached hydrogens (primary N) is 1. The van der Waals surface area contributed by atoms with E-state index in [0.717, 1.165) is 5.76 Å². The van der Waals surface area contributed by atoms with Crippen molar-refractivity contribution in [1.29, 1.82) is 0 Å². The van der Waals surface area contributed by atoms with Crippen molar-refractivity contribution in [2.45, 2.75) is 31.8 Å². The first kappa shape index (κ1) is 14.8. The molecule has 0 bridgehead atoms. The van der Waals surface area contributed by atoms with E-state index in [4.69, 9.17) is 14.6 Å². The highest BCUT2D eigenvalue weighted by atomic mass is 32.2. The third-order valence-corrected chi connectivity index (χ3v) is 4.90. The summed E-state index contributed by atoms with van der Waals surface area (Å²) in [5.41, 5.74) is 5.46. The van der Waals surface area contributed by atoms with Gasteiger partial charge in [0.05, 0.1) is 13.1 Å². The number of furan rings is 2. The van der Waals surface area contributed by atoms with E-state index in [2.05, 4.69) is 0 Å². The molecule has 7 heteroatoms. The van der Waals surface area contributed by atoms with Crippen molar-refractivity contribution in [3.05, 3.63) is 41.2 Å². The maximum Gasteiger partial charge on any atom is 0.246 e. The molecule has 0 amide bonds. The van der Waals surface area contributed by atoms with E-state index in [1.54, 1.807) is 19.1 Å². The predicted molar refractivity (Wildman–Crippen MR) is 73.4 cm³/mol. The Morgan fingerprint density at radius 3 is 2.40 bits per heavy atom. The van der Waals surface area contributed by atoms with Crippen LogP contribution in [-0.4, -0.2) is 19.8 Å². The Morgan fingerprint density at radius 1 is 1.20 bits per heavy atom. The minimum Gasteiger partial charge on any atom is -0.465 e. The van der Waals surface area contributed by atoms with E-state index in [-0.39, 0.29) is 18.0 Å². The van der Waals surface area contributed by atoms with Crippen LogP contribution in [0.15, 0.2) is 31.9 Å². The highest BCUT2D eigenvalue weighted by molar-refractivity contribution is 7.89. The average Bonchev–Trinajstić information content (AvgIpc) is 2.95. The number of nitrogens with zero attached hydrogens (tertiary/aromatic N) is 1. The minimum atomic E-state index is -3.62. The quantitative estimate of drug-likeness (QED) is 0.908. The molecule has 2 heterocycles. The van der Waals surface area contributed by atoms with Crippen LogP contribution in [0.1, 0.15) is 23.0 Å². The van der Waals surface area contributed by atoms with Crippen LogP contribution >= 0.6 is 0 Å². The molecule has 0 aromatic carbocycles. The molecule has 0 spiro atoms. The third-order valence-electron chi connectivity index (χ3n) is 2.99. The second kappa shape index (κ2) is 5.43. The summed E-state index contributed by atoms with van der Waals surface area (Å²) in [6.45, 7) is 3.75. The zero-order valence-electron chi connectivity index (χ0n) is 11.7. The molecule has 0 saturated carbocycles. The molecule has 20 heavy (non-hydrogen) atoms. The van der Waals surface area contributed by atoms with Gasteiger partial charge in [-0.1, -0.05) is 0 Å². The van der Waals surface area contributed by atoms with Crippen molar-refractivity contribution in [1.82, 2.24) is 4.31 Å². The lowest BCUT2D eigenvalue weighted by molar-refractivity contribution is 0.396. The number of hydrogen-bond donors (Lipinski definition) is 1. The summed E-state index contributed by atoms with van der Waals surface area (Å²) in [5, 5.41) is 0. The molecule has 2 aromatic heterocycles. The van der Waals surface area contributed by atoms with Gasteiger partial charge in [-0.05, 0) is 26.0 Å². The van der Waals surface area contributed by atoms with Crippen LogP contribution in [0, 0.1) is 13.8 Å². The van der Waals surface area contributed by atoms with E-state index in [1.165, 1.54) is 17.4 Å². The largest absolute Gasteiger partial charge is 0.465 e. The van der Waals surface area contributed by atoms with E-state index in [1.807, 2.05) is 6.92 Å². The summed E-state index contributed by atoms with van der Waals surface area (Å²) in [7, 11) is -2.12. The van der Waals surface area contributed by atoms with Crippen LogP contribution in [0.5, 0.6) is 0 Å². The first-order valence-corrected chi connectivity index (χ1v) is 7.59. The van der Waals surface area contributed by atoms with E-state index in [0.29, 0.717) is 17.3 Å². The molecule has 0 aliphatic heterocycles. The number of sulfonamides is 1. The fourth-order valence-electron chi connectivity index (χ4n) is 1.92. The molecule has 0 saturated heterocycles. The van der Waals surface area contributed by atoms with Crippen LogP contribution in [0.4, 0.5) is 0 Å². The van der Waals surface area contributed by atoms with Gasteiger partial charge in [-0.15, -0.1) is 0 Å². The summed E-state index contributed by atoms with van der Waals surface area (Å²) in [6, 6.07) is 5.02. The zero-order valence-corrected chi connectivity index (χ0v) is 12.5. The normalized spacial score (nSPS) is 12.2. The van der Waals surface area contributed by atoms with Gasteiger partial charge in [0.25, 0.3) is 0 Å². The highest BCUT2D eigenvalue weighted by Gasteiger charge is 2.26. The van der Waals surface area contributed by atoms with Gasteiger partial charge < -0.3 is 14.6 Å². The smallest absolute Gasteiger partial charge is 0.246 e. The van der Waals surface area contributed by atoms with Crippen LogP contribution < -0.4 is 5.73 Å². The van der Waals surface area contributed by atoms with Crippen molar-refractivity contribution >= 4 is 10.0 Å². The van der Waals surface area contributed by atoms with Gasteiger partial charge in [-0.3, -0.25) is 0 Å². The molecular formula is C13H18N2O4S. The van der Waals surface area contributed by atoms with Crippen LogP contribution in [-0.2, 0) is 23.1 Å². The molecule has 6 nitrogen and oxygen atoms in total. The Bertz CT molecular complexity index is 700. The van der Waals surface area contributed by atoms with Crippen molar-refractivity contribution in [3.8, 4) is 0 Å². The molecule has 0 aliphatic rings. The minimum absolute atomic E-state index is 0.142. The van der Waals surface area contributed by atoms with Gasteiger partial charge in [0, 0.05) is 13.1 Å². The lowest BCUT2D eigenvalue weighted by atomic mass is 10.4.